The van der Waals surface area contributed by atoms with E-state index >= 15 is 0 Å². The molecular formula is C17H12Cl2N2. The Morgan fingerprint density at radius 2 is 1.71 bits per heavy atom. The maximum Gasteiger partial charge on any atom is 0.0805 e. The summed E-state index contributed by atoms with van der Waals surface area (Å²) in [5, 5.41) is 19.6. The van der Waals surface area contributed by atoms with Gasteiger partial charge >= 0.3 is 0 Å². The van der Waals surface area contributed by atoms with Crippen LogP contribution in [0.3, 0.4) is 0 Å². The Kier molecular flexibility index (Phi) is 5.23. The van der Waals surface area contributed by atoms with Gasteiger partial charge in [-0.25, -0.2) is 0 Å². The van der Waals surface area contributed by atoms with Gasteiger partial charge in [-0.2, -0.15) is 10.5 Å². The van der Waals surface area contributed by atoms with Crippen molar-refractivity contribution in [3.63, 3.8) is 0 Å². The normalized spacial score (nSPS) is 13.0. The van der Waals surface area contributed by atoms with Crippen molar-refractivity contribution in [3.05, 3.63) is 69.7 Å². The fourth-order valence-corrected chi connectivity index (χ4v) is 2.88. The van der Waals surface area contributed by atoms with E-state index < -0.39 is 5.92 Å². The average Bonchev–Trinajstić information content (AvgIpc) is 2.50. The molecular weight excluding hydrogens is 303 g/mol. The van der Waals surface area contributed by atoms with Crippen molar-refractivity contribution < 1.29 is 0 Å². The van der Waals surface area contributed by atoms with Crippen molar-refractivity contribution in [2.75, 3.05) is 0 Å². The van der Waals surface area contributed by atoms with Crippen molar-refractivity contribution in [2.45, 2.75) is 18.3 Å². The summed E-state index contributed by atoms with van der Waals surface area (Å²) in [5.74, 6) is -0.711. The highest BCUT2D eigenvalue weighted by Gasteiger charge is 2.26. The number of rotatable bonds is 4. The van der Waals surface area contributed by atoms with Gasteiger partial charge < -0.3 is 0 Å². The van der Waals surface area contributed by atoms with Gasteiger partial charge in [0.25, 0.3) is 0 Å². The predicted octanol–water partition coefficient (Wildman–Crippen LogP) is 5.30. The molecule has 4 heteroatoms. The first-order valence-corrected chi connectivity index (χ1v) is 7.19. The molecule has 0 aliphatic carbocycles. The number of hydrogen-bond donors (Lipinski definition) is 0. The van der Waals surface area contributed by atoms with E-state index in [0.29, 0.717) is 15.6 Å². The van der Waals surface area contributed by atoms with Gasteiger partial charge in [0.1, 0.15) is 0 Å². The van der Waals surface area contributed by atoms with Gasteiger partial charge in [-0.1, -0.05) is 59.6 Å². The maximum absolute atomic E-state index is 9.58. The zero-order chi connectivity index (χ0) is 15.2. The molecule has 104 valence electrons. The zero-order valence-corrected chi connectivity index (χ0v) is 12.6. The van der Waals surface area contributed by atoms with Crippen LogP contribution in [0.1, 0.15) is 29.4 Å². The smallest absolute Gasteiger partial charge is 0.0805 e. The van der Waals surface area contributed by atoms with Crippen LogP contribution in [0.5, 0.6) is 0 Å². The molecule has 0 aliphatic heterocycles. The van der Waals surface area contributed by atoms with Crippen molar-refractivity contribution in [2.24, 2.45) is 0 Å². The van der Waals surface area contributed by atoms with E-state index in [2.05, 4.69) is 12.1 Å². The number of nitrogens with zero attached hydrogens (tertiary/aromatic N) is 2. The number of nitriles is 2. The number of benzene rings is 2. The number of halogens is 2. The molecule has 2 atom stereocenters. The summed E-state index contributed by atoms with van der Waals surface area (Å²) < 4.78 is 0. The van der Waals surface area contributed by atoms with Crippen LogP contribution in [-0.2, 0) is 0 Å². The Morgan fingerprint density at radius 3 is 2.29 bits per heavy atom. The maximum atomic E-state index is 9.58. The van der Waals surface area contributed by atoms with E-state index in [1.807, 2.05) is 30.3 Å². The lowest BCUT2D eigenvalue weighted by molar-refractivity contribution is 0.641. The average molecular weight is 315 g/mol. The lowest BCUT2D eigenvalue weighted by Gasteiger charge is -2.21. The van der Waals surface area contributed by atoms with Crippen molar-refractivity contribution in [1.29, 1.82) is 10.5 Å². The molecule has 2 aromatic rings. The molecule has 0 amide bonds. The number of hydrogen-bond acceptors (Lipinski definition) is 2. The SMILES string of the molecule is N#CC[C@@H](c1ccccc1)[C@@H](C#N)c1ccc(Cl)cc1Cl. The third-order valence-corrected chi connectivity index (χ3v) is 3.94. The lowest BCUT2D eigenvalue weighted by Crippen LogP contribution is -2.10. The summed E-state index contributed by atoms with van der Waals surface area (Å²) in [6.45, 7) is 0. The lowest BCUT2D eigenvalue weighted by atomic mass is 9.80. The van der Waals surface area contributed by atoms with Crippen LogP contribution in [0.25, 0.3) is 0 Å². The van der Waals surface area contributed by atoms with Crippen LogP contribution in [0.15, 0.2) is 48.5 Å². The zero-order valence-electron chi connectivity index (χ0n) is 11.1. The molecule has 0 heterocycles. The Morgan fingerprint density at radius 1 is 1.00 bits per heavy atom. The molecule has 0 aromatic heterocycles. The first-order valence-electron chi connectivity index (χ1n) is 6.44. The van der Waals surface area contributed by atoms with Crippen LogP contribution in [0.2, 0.25) is 10.0 Å². The van der Waals surface area contributed by atoms with Crippen LogP contribution in [0, 0.1) is 22.7 Å². The Bertz CT molecular complexity index is 699. The first-order chi connectivity index (χ1) is 10.2. The Hall–Kier alpha value is -2.00. The largest absolute Gasteiger partial charge is 0.198 e. The molecule has 0 saturated heterocycles. The van der Waals surface area contributed by atoms with Gasteiger partial charge in [0.2, 0.25) is 0 Å². The van der Waals surface area contributed by atoms with Crippen LogP contribution in [-0.4, -0.2) is 0 Å². The van der Waals surface area contributed by atoms with Gasteiger partial charge in [0, 0.05) is 22.4 Å². The highest BCUT2D eigenvalue weighted by molar-refractivity contribution is 6.35. The molecule has 0 spiro atoms. The van der Waals surface area contributed by atoms with Gasteiger partial charge in [-0.3, -0.25) is 0 Å². The summed E-state index contributed by atoms with van der Waals surface area (Å²) in [6.07, 6.45) is 0.251. The van der Waals surface area contributed by atoms with E-state index in [0.717, 1.165) is 5.56 Å². The van der Waals surface area contributed by atoms with Crippen LogP contribution < -0.4 is 0 Å². The van der Waals surface area contributed by atoms with E-state index in [9.17, 15) is 5.26 Å². The summed E-state index contributed by atoms with van der Waals surface area (Å²) >= 11 is 12.1. The molecule has 21 heavy (non-hydrogen) atoms. The van der Waals surface area contributed by atoms with Crippen LogP contribution >= 0.6 is 23.2 Å². The monoisotopic (exact) mass is 314 g/mol. The van der Waals surface area contributed by atoms with Gasteiger partial charge in [-0.15, -0.1) is 0 Å². The van der Waals surface area contributed by atoms with Gasteiger partial charge in [0.15, 0.2) is 0 Å². The third-order valence-electron chi connectivity index (χ3n) is 3.38. The summed E-state index contributed by atoms with van der Waals surface area (Å²) in [5.41, 5.74) is 1.66. The molecule has 0 saturated carbocycles. The fourth-order valence-electron chi connectivity index (χ4n) is 2.36. The summed E-state index contributed by atoms with van der Waals surface area (Å²) in [4.78, 5) is 0. The molecule has 0 N–H and O–H groups in total. The highest BCUT2D eigenvalue weighted by atomic mass is 35.5. The molecule has 0 bridgehead atoms. The Balaban J connectivity index is 2.47. The minimum atomic E-state index is -0.489. The Labute approximate surface area is 134 Å². The summed E-state index contributed by atoms with van der Waals surface area (Å²) in [6, 6.07) is 19.1. The second-order valence-corrected chi connectivity index (χ2v) is 5.50. The third kappa shape index (κ3) is 3.56. The first kappa shape index (κ1) is 15.4. The molecule has 2 aromatic carbocycles. The minimum Gasteiger partial charge on any atom is -0.198 e. The molecule has 2 rings (SSSR count). The van der Waals surface area contributed by atoms with Crippen molar-refractivity contribution >= 4 is 23.2 Å². The fraction of sp³-hybridized carbons (Fsp3) is 0.176. The minimum absolute atomic E-state index is 0.222. The summed E-state index contributed by atoms with van der Waals surface area (Å²) in [7, 11) is 0. The van der Waals surface area contributed by atoms with E-state index in [1.54, 1.807) is 18.2 Å². The van der Waals surface area contributed by atoms with E-state index in [4.69, 9.17) is 28.5 Å². The highest BCUT2D eigenvalue weighted by Crippen LogP contribution is 2.38. The molecule has 0 aliphatic rings. The predicted molar refractivity (Wildman–Crippen MR) is 84.2 cm³/mol. The molecule has 0 unspecified atom stereocenters. The molecule has 0 fully saturated rings. The van der Waals surface area contributed by atoms with E-state index in [1.165, 1.54) is 0 Å². The second-order valence-electron chi connectivity index (χ2n) is 4.65. The van der Waals surface area contributed by atoms with Crippen molar-refractivity contribution in [3.8, 4) is 12.1 Å². The molecule has 2 nitrogen and oxygen atoms in total. The van der Waals surface area contributed by atoms with E-state index in [-0.39, 0.29) is 12.3 Å². The standard InChI is InChI=1S/C17H12Cl2N2/c18-13-6-7-15(17(19)10-13)16(11-21)14(8-9-20)12-4-2-1-3-5-12/h1-7,10,14,16H,8H2/t14-,16+/m0/s1. The topological polar surface area (TPSA) is 47.6 Å². The van der Waals surface area contributed by atoms with Crippen molar-refractivity contribution in [1.82, 2.24) is 0 Å². The van der Waals surface area contributed by atoms with Crippen LogP contribution in [0.4, 0.5) is 0 Å². The van der Waals surface area contributed by atoms with Gasteiger partial charge in [0.05, 0.1) is 18.1 Å². The molecule has 0 radical (unpaired) electrons. The quantitative estimate of drug-likeness (QED) is 0.769. The second kappa shape index (κ2) is 7.14. The van der Waals surface area contributed by atoms with Gasteiger partial charge in [-0.05, 0) is 23.3 Å².